The van der Waals surface area contributed by atoms with E-state index in [9.17, 15) is 5.11 Å². The van der Waals surface area contributed by atoms with Gasteiger partial charge in [0, 0.05) is 0 Å². The molecule has 0 radical (unpaired) electrons. The summed E-state index contributed by atoms with van der Waals surface area (Å²) in [6, 6.07) is 0. The molecule has 2 unspecified atom stereocenters. The van der Waals surface area contributed by atoms with Gasteiger partial charge in [-0.2, -0.15) is 0 Å². The van der Waals surface area contributed by atoms with Crippen molar-refractivity contribution in [3.05, 3.63) is 0 Å². The normalized spacial score (nSPS) is 51.0. The van der Waals surface area contributed by atoms with Crippen LogP contribution in [0.1, 0.15) is 40.0 Å². The number of aliphatic hydroxyl groups is 1. The van der Waals surface area contributed by atoms with Crippen LogP contribution in [0.4, 0.5) is 0 Å². The maximum atomic E-state index is 9.88. The molecule has 70 valence electrons. The van der Waals surface area contributed by atoms with Crippen molar-refractivity contribution in [3.8, 4) is 0 Å². The smallest absolute Gasteiger partial charge is 0.123 e. The quantitative estimate of drug-likeness (QED) is 0.561. The third kappa shape index (κ3) is 0.944. The second-order valence-electron chi connectivity index (χ2n) is 4.90. The number of aliphatic hydroxyl groups excluding tert-OH is 1. The van der Waals surface area contributed by atoms with Crippen molar-refractivity contribution >= 4 is 0 Å². The van der Waals surface area contributed by atoms with Crippen LogP contribution >= 0.6 is 0 Å². The largest absolute Gasteiger partial charge is 0.390 e. The van der Waals surface area contributed by atoms with Crippen LogP contribution in [0.25, 0.3) is 0 Å². The van der Waals surface area contributed by atoms with E-state index < -0.39 is 0 Å². The molecule has 0 aromatic carbocycles. The van der Waals surface area contributed by atoms with Gasteiger partial charge in [-0.15, -0.1) is 0 Å². The highest BCUT2D eigenvalue weighted by Gasteiger charge is 2.68. The molecule has 1 saturated heterocycles. The summed E-state index contributed by atoms with van der Waals surface area (Å²) in [6.07, 6.45) is 2.89. The molecule has 12 heavy (non-hydrogen) atoms. The maximum Gasteiger partial charge on any atom is 0.123 e. The first-order chi connectivity index (χ1) is 5.48. The Balaban J connectivity index is 2.10. The van der Waals surface area contributed by atoms with E-state index in [1.165, 1.54) is 6.42 Å². The fourth-order valence-electron chi connectivity index (χ4n) is 2.57. The first-order valence-corrected chi connectivity index (χ1v) is 4.86. The monoisotopic (exact) mass is 170 g/mol. The minimum Gasteiger partial charge on any atom is -0.390 e. The zero-order valence-electron chi connectivity index (χ0n) is 8.13. The van der Waals surface area contributed by atoms with Gasteiger partial charge >= 0.3 is 0 Å². The molecule has 1 N–H and O–H groups in total. The molecular formula is C10H18O2. The van der Waals surface area contributed by atoms with Crippen LogP contribution in [-0.2, 0) is 4.74 Å². The van der Waals surface area contributed by atoms with Gasteiger partial charge in [0.1, 0.15) is 5.60 Å². The Morgan fingerprint density at radius 1 is 1.42 bits per heavy atom. The van der Waals surface area contributed by atoms with Gasteiger partial charge in [0.15, 0.2) is 0 Å². The van der Waals surface area contributed by atoms with Crippen molar-refractivity contribution in [2.24, 2.45) is 5.92 Å². The minimum absolute atomic E-state index is 0.0768. The lowest BCUT2D eigenvalue weighted by Gasteiger charge is -2.30. The van der Waals surface area contributed by atoms with Gasteiger partial charge < -0.3 is 9.84 Å². The molecule has 1 spiro atoms. The molecule has 2 nitrogen and oxygen atoms in total. The van der Waals surface area contributed by atoms with E-state index >= 15 is 0 Å². The van der Waals surface area contributed by atoms with Gasteiger partial charge in [0.25, 0.3) is 0 Å². The Kier molecular flexibility index (Phi) is 1.59. The lowest BCUT2D eigenvalue weighted by Crippen LogP contribution is -2.40. The van der Waals surface area contributed by atoms with E-state index in [1.54, 1.807) is 0 Å². The number of ether oxygens (including phenoxy) is 1. The predicted molar refractivity (Wildman–Crippen MR) is 46.9 cm³/mol. The zero-order valence-corrected chi connectivity index (χ0v) is 8.13. The highest BCUT2D eigenvalue weighted by molar-refractivity contribution is 5.16. The Bertz CT molecular complexity index is 200. The predicted octanol–water partition coefficient (Wildman–Crippen LogP) is 1.71. The summed E-state index contributed by atoms with van der Waals surface area (Å²) in [7, 11) is 0. The average molecular weight is 170 g/mol. The molecule has 2 fully saturated rings. The molecule has 1 aliphatic heterocycles. The van der Waals surface area contributed by atoms with E-state index in [2.05, 4.69) is 20.8 Å². The molecule has 1 aliphatic carbocycles. The van der Waals surface area contributed by atoms with Gasteiger partial charge in [-0.25, -0.2) is 0 Å². The van der Waals surface area contributed by atoms with Crippen LogP contribution < -0.4 is 0 Å². The molecule has 1 heterocycles. The zero-order chi connectivity index (χ0) is 8.98. The minimum atomic E-state index is -0.240. The molecule has 2 rings (SSSR count). The molecule has 3 atom stereocenters. The Hall–Kier alpha value is -0.0800. The van der Waals surface area contributed by atoms with E-state index in [-0.39, 0.29) is 17.3 Å². The summed E-state index contributed by atoms with van der Waals surface area (Å²) < 4.78 is 5.64. The summed E-state index contributed by atoms with van der Waals surface area (Å²) in [5.74, 6) is 0.658. The first-order valence-electron chi connectivity index (χ1n) is 4.86. The molecule has 2 aliphatic rings. The van der Waals surface area contributed by atoms with E-state index in [4.69, 9.17) is 4.74 Å². The molecule has 1 saturated carbocycles. The van der Waals surface area contributed by atoms with Crippen molar-refractivity contribution in [3.63, 3.8) is 0 Å². The van der Waals surface area contributed by atoms with Crippen LogP contribution in [0.15, 0.2) is 0 Å². The number of epoxide rings is 1. The summed E-state index contributed by atoms with van der Waals surface area (Å²) in [5.41, 5.74) is -0.258. The van der Waals surface area contributed by atoms with Gasteiger partial charge in [-0.3, -0.25) is 0 Å². The van der Waals surface area contributed by atoms with Crippen LogP contribution in [0.3, 0.4) is 0 Å². The number of hydrogen-bond acceptors (Lipinski definition) is 2. The maximum absolute atomic E-state index is 9.88. The van der Waals surface area contributed by atoms with Gasteiger partial charge in [-0.1, -0.05) is 6.92 Å². The van der Waals surface area contributed by atoms with Gasteiger partial charge in [0.2, 0.25) is 0 Å². The van der Waals surface area contributed by atoms with Crippen LogP contribution in [-0.4, -0.2) is 22.4 Å². The molecule has 0 bridgehead atoms. The molecular weight excluding hydrogens is 152 g/mol. The lowest BCUT2D eigenvalue weighted by atomic mass is 9.75. The fraction of sp³-hybridized carbons (Fsp3) is 1.00. The van der Waals surface area contributed by atoms with Crippen LogP contribution in [0.2, 0.25) is 0 Å². The number of hydrogen-bond donors (Lipinski definition) is 1. The van der Waals surface area contributed by atoms with Crippen molar-refractivity contribution in [2.45, 2.75) is 57.3 Å². The van der Waals surface area contributed by atoms with Gasteiger partial charge in [-0.05, 0) is 39.0 Å². The molecule has 0 aromatic heterocycles. The second-order valence-corrected chi connectivity index (χ2v) is 4.90. The topological polar surface area (TPSA) is 32.8 Å². The second kappa shape index (κ2) is 2.24. The van der Waals surface area contributed by atoms with E-state index in [0.717, 1.165) is 12.8 Å². The highest BCUT2D eigenvalue weighted by Crippen LogP contribution is 2.56. The summed E-state index contributed by atoms with van der Waals surface area (Å²) in [5, 5.41) is 9.88. The molecule has 0 aromatic rings. The van der Waals surface area contributed by atoms with Crippen molar-refractivity contribution in [1.82, 2.24) is 0 Å². The Morgan fingerprint density at radius 2 is 2.00 bits per heavy atom. The van der Waals surface area contributed by atoms with Gasteiger partial charge in [0.05, 0.1) is 11.7 Å². The SMILES string of the molecule is CC1CCC2(OC2(C)C)[C@@H](O)C1. The Morgan fingerprint density at radius 3 is 2.42 bits per heavy atom. The average Bonchev–Trinajstić information content (AvgIpc) is 2.48. The van der Waals surface area contributed by atoms with E-state index in [1.807, 2.05) is 0 Å². The third-order valence-corrected chi connectivity index (χ3v) is 3.59. The number of rotatable bonds is 0. The van der Waals surface area contributed by atoms with Crippen LogP contribution in [0, 0.1) is 5.92 Å². The molecule has 2 heteroatoms. The first kappa shape index (κ1) is 8.52. The summed E-state index contributed by atoms with van der Waals surface area (Å²) in [6.45, 7) is 6.35. The standard InChI is InChI=1S/C10H18O2/c1-7-4-5-10(8(11)6-7)9(2,3)12-10/h7-8,11H,4-6H2,1-3H3/t7?,8-,10?/m0/s1. The van der Waals surface area contributed by atoms with Crippen molar-refractivity contribution in [2.75, 3.05) is 0 Å². The van der Waals surface area contributed by atoms with Crippen molar-refractivity contribution < 1.29 is 9.84 Å². The van der Waals surface area contributed by atoms with E-state index in [0.29, 0.717) is 5.92 Å². The fourth-order valence-corrected chi connectivity index (χ4v) is 2.57. The molecule has 0 amide bonds. The summed E-state index contributed by atoms with van der Waals surface area (Å²) >= 11 is 0. The lowest BCUT2D eigenvalue weighted by molar-refractivity contribution is 0.0227. The van der Waals surface area contributed by atoms with Crippen LogP contribution in [0.5, 0.6) is 0 Å². The Labute approximate surface area is 73.9 Å². The summed E-state index contributed by atoms with van der Waals surface area (Å²) in [4.78, 5) is 0. The highest BCUT2D eigenvalue weighted by atomic mass is 16.6. The van der Waals surface area contributed by atoms with Crippen molar-refractivity contribution in [1.29, 1.82) is 0 Å². The third-order valence-electron chi connectivity index (χ3n) is 3.59.